The number of carbonyl (C=O) groups is 2. The molecule has 0 radical (unpaired) electrons. The van der Waals surface area contributed by atoms with E-state index in [-0.39, 0.29) is 11.8 Å². The standard InChI is InChI=1S/C21H18N2O3S2/c1-2-13-3-6-15(7-4-13)20(25)23-9-10-26-17-8-5-14(11-16(17)23)12-18-19(24)22-21(27)28-18/h3-8,11-12H,2,9-10H2,1H3,(H,22,24,27)/b18-12-. The van der Waals surface area contributed by atoms with Crippen molar-refractivity contribution >= 4 is 51.9 Å². The van der Waals surface area contributed by atoms with Crippen LogP contribution in [0.2, 0.25) is 0 Å². The molecule has 0 bridgehead atoms. The van der Waals surface area contributed by atoms with Crippen molar-refractivity contribution in [3.05, 3.63) is 64.1 Å². The molecule has 2 heterocycles. The van der Waals surface area contributed by atoms with E-state index in [1.807, 2.05) is 42.5 Å². The summed E-state index contributed by atoms with van der Waals surface area (Å²) in [5.74, 6) is 0.394. The Morgan fingerprint density at radius 2 is 2.07 bits per heavy atom. The molecular formula is C21H18N2O3S2. The summed E-state index contributed by atoms with van der Waals surface area (Å²) in [6.45, 7) is 3.00. The van der Waals surface area contributed by atoms with Crippen molar-refractivity contribution in [2.45, 2.75) is 13.3 Å². The van der Waals surface area contributed by atoms with Crippen LogP contribution in [-0.2, 0) is 11.2 Å². The van der Waals surface area contributed by atoms with Gasteiger partial charge in [-0.2, -0.15) is 0 Å². The Morgan fingerprint density at radius 3 is 2.75 bits per heavy atom. The number of rotatable bonds is 3. The number of thiocarbonyl (C=S) groups is 1. The fourth-order valence-electron chi connectivity index (χ4n) is 3.15. The topological polar surface area (TPSA) is 58.6 Å². The largest absolute Gasteiger partial charge is 0.490 e. The van der Waals surface area contributed by atoms with E-state index in [4.69, 9.17) is 17.0 Å². The lowest BCUT2D eigenvalue weighted by Crippen LogP contribution is -2.38. The van der Waals surface area contributed by atoms with Gasteiger partial charge in [0.25, 0.3) is 11.8 Å². The maximum Gasteiger partial charge on any atom is 0.263 e. The molecule has 7 heteroatoms. The molecular weight excluding hydrogens is 392 g/mol. The van der Waals surface area contributed by atoms with Crippen molar-refractivity contribution in [2.75, 3.05) is 18.1 Å². The van der Waals surface area contributed by atoms with E-state index >= 15 is 0 Å². The minimum Gasteiger partial charge on any atom is -0.490 e. The van der Waals surface area contributed by atoms with E-state index in [0.29, 0.717) is 39.4 Å². The molecule has 0 saturated carbocycles. The lowest BCUT2D eigenvalue weighted by molar-refractivity contribution is -0.115. The van der Waals surface area contributed by atoms with Crippen LogP contribution in [0.15, 0.2) is 47.4 Å². The number of hydrogen-bond acceptors (Lipinski definition) is 5. The molecule has 2 aromatic carbocycles. The van der Waals surface area contributed by atoms with Crippen molar-refractivity contribution in [1.82, 2.24) is 5.32 Å². The molecule has 28 heavy (non-hydrogen) atoms. The quantitative estimate of drug-likeness (QED) is 0.617. The number of carbonyl (C=O) groups excluding carboxylic acids is 2. The Balaban J connectivity index is 1.66. The van der Waals surface area contributed by atoms with E-state index in [2.05, 4.69) is 12.2 Å². The fraction of sp³-hybridized carbons (Fsp3) is 0.190. The zero-order valence-corrected chi connectivity index (χ0v) is 16.9. The van der Waals surface area contributed by atoms with Crippen LogP contribution in [0, 0.1) is 0 Å². The molecule has 142 valence electrons. The van der Waals surface area contributed by atoms with Gasteiger partial charge in [0.1, 0.15) is 16.7 Å². The second-order valence-corrected chi connectivity index (χ2v) is 8.15. The molecule has 5 nitrogen and oxygen atoms in total. The van der Waals surface area contributed by atoms with E-state index in [1.54, 1.807) is 11.0 Å². The van der Waals surface area contributed by atoms with Crippen molar-refractivity contribution in [3.63, 3.8) is 0 Å². The summed E-state index contributed by atoms with van der Waals surface area (Å²) in [5.41, 5.74) is 3.35. The predicted molar refractivity (Wildman–Crippen MR) is 116 cm³/mol. The van der Waals surface area contributed by atoms with Gasteiger partial charge in [-0.25, -0.2) is 0 Å². The molecule has 1 N–H and O–H groups in total. The first-order valence-electron chi connectivity index (χ1n) is 8.97. The van der Waals surface area contributed by atoms with Gasteiger partial charge in [0.05, 0.1) is 17.1 Å². The van der Waals surface area contributed by atoms with Crippen LogP contribution in [0.4, 0.5) is 5.69 Å². The fourth-order valence-corrected chi connectivity index (χ4v) is 4.19. The summed E-state index contributed by atoms with van der Waals surface area (Å²) in [4.78, 5) is 27.3. The highest BCUT2D eigenvalue weighted by Gasteiger charge is 2.26. The summed E-state index contributed by atoms with van der Waals surface area (Å²) >= 11 is 6.26. The zero-order valence-electron chi connectivity index (χ0n) is 15.2. The maximum absolute atomic E-state index is 13.1. The lowest BCUT2D eigenvalue weighted by Gasteiger charge is -2.30. The number of ether oxygens (including phenoxy) is 1. The molecule has 2 aliphatic rings. The van der Waals surface area contributed by atoms with E-state index in [9.17, 15) is 9.59 Å². The van der Waals surface area contributed by atoms with Gasteiger partial charge in [0.15, 0.2) is 0 Å². The third-order valence-corrected chi connectivity index (χ3v) is 5.80. The highest BCUT2D eigenvalue weighted by Crippen LogP contribution is 2.35. The molecule has 4 rings (SSSR count). The van der Waals surface area contributed by atoms with Crippen molar-refractivity contribution in [3.8, 4) is 5.75 Å². The van der Waals surface area contributed by atoms with Gasteiger partial charge in [-0.05, 0) is 47.9 Å². The summed E-state index contributed by atoms with van der Waals surface area (Å²) in [5, 5.41) is 2.61. The van der Waals surface area contributed by atoms with Crippen molar-refractivity contribution < 1.29 is 14.3 Å². The van der Waals surface area contributed by atoms with Crippen molar-refractivity contribution in [1.29, 1.82) is 0 Å². The Bertz CT molecular complexity index is 999. The van der Waals surface area contributed by atoms with Crippen LogP contribution in [0.3, 0.4) is 0 Å². The van der Waals surface area contributed by atoms with Gasteiger partial charge < -0.3 is 15.0 Å². The number of benzene rings is 2. The van der Waals surface area contributed by atoms with E-state index < -0.39 is 0 Å². The minimum absolute atomic E-state index is 0.0637. The number of hydrogen-bond donors (Lipinski definition) is 1. The SMILES string of the molecule is CCc1ccc(C(=O)N2CCOc3ccc(/C=C4\SC(=S)NC4=O)cc32)cc1. The zero-order chi connectivity index (χ0) is 19.7. The summed E-state index contributed by atoms with van der Waals surface area (Å²) in [6, 6.07) is 13.3. The van der Waals surface area contributed by atoms with E-state index in [0.717, 1.165) is 12.0 Å². The number of nitrogens with zero attached hydrogens (tertiary/aromatic N) is 1. The molecule has 0 aliphatic carbocycles. The normalized spacial score (nSPS) is 17.3. The van der Waals surface area contributed by atoms with Gasteiger partial charge in [-0.1, -0.05) is 49.1 Å². The number of thioether (sulfide) groups is 1. The molecule has 2 aliphatic heterocycles. The maximum atomic E-state index is 13.1. The Labute approximate surface area is 172 Å². The number of nitrogens with one attached hydrogen (secondary N) is 1. The molecule has 0 unspecified atom stereocenters. The number of anilines is 1. The summed E-state index contributed by atoms with van der Waals surface area (Å²) in [6.07, 6.45) is 2.70. The highest BCUT2D eigenvalue weighted by molar-refractivity contribution is 8.26. The van der Waals surface area contributed by atoms with Gasteiger partial charge in [-0.3, -0.25) is 9.59 Å². The molecule has 1 fully saturated rings. The summed E-state index contributed by atoms with van der Waals surface area (Å²) < 4.78 is 6.17. The molecule has 0 aromatic heterocycles. The lowest BCUT2D eigenvalue weighted by atomic mass is 10.1. The van der Waals surface area contributed by atoms with Gasteiger partial charge in [0.2, 0.25) is 0 Å². The first-order chi connectivity index (χ1) is 13.5. The van der Waals surface area contributed by atoms with Gasteiger partial charge in [0, 0.05) is 5.56 Å². The third kappa shape index (κ3) is 3.68. The van der Waals surface area contributed by atoms with Crippen LogP contribution in [0.5, 0.6) is 5.75 Å². The number of amides is 2. The van der Waals surface area contributed by atoms with Crippen LogP contribution >= 0.6 is 24.0 Å². The molecule has 0 atom stereocenters. The summed E-state index contributed by atoms with van der Waals surface area (Å²) in [7, 11) is 0. The van der Waals surface area contributed by atoms with Gasteiger partial charge in [-0.15, -0.1) is 0 Å². The van der Waals surface area contributed by atoms with E-state index in [1.165, 1.54) is 17.3 Å². The molecule has 2 aromatic rings. The Hall–Kier alpha value is -2.64. The first-order valence-corrected chi connectivity index (χ1v) is 10.2. The predicted octanol–water partition coefficient (Wildman–Crippen LogP) is 3.78. The second kappa shape index (κ2) is 7.77. The first kappa shape index (κ1) is 18.7. The van der Waals surface area contributed by atoms with Crippen LogP contribution in [0.25, 0.3) is 6.08 Å². The van der Waals surface area contributed by atoms with Crippen LogP contribution in [0.1, 0.15) is 28.4 Å². The molecule has 1 saturated heterocycles. The third-order valence-electron chi connectivity index (χ3n) is 4.64. The number of fused-ring (bicyclic) bond motifs is 1. The Morgan fingerprint density at radius 1 is 1.29 bits per heavy atom. The van der Waals surface area contributed by atoms with Crippen LogP contribution in [-0.4, -0.2) is 29.3 Å². The molecule has 2 amide bonds. The van der Waals surface area contributed by atoms with Crippen molar-refractivity contribution in [2.24, 2.45) is 0 Å². The molecule has 0 spiro atoms. The minimum atomic E-state index is -0.201. The smallest absolute Gasteiger partial charge is 0.263 e. The average Bonchev–Trinajstić information content (AvgIpc) is 3.03. The second-order valence-electron chi connectivity index (χ2n) is 6.44. The van der Waals surface area contributed by atoms with Gasteiger partial charge >= 0.3 is 0 Å². The number of aryl methyl sites for hydroxylation is 1. The van der Waals surface area contributed by atoms with Crippen LogP contribution < -0.4 is 15.0 Å². The highest BCUT2D eigenvalue weighted by atomic mass is 32.2. The average molecular weight is 411 g/mol. The Kier molecular flexibility index (Phi) is 5.19. The monoisotopic (exact) mass is 410 g/mol.